The van der Waals surface area contributed by atoms with Gasteiger partial charge in [0.15, 0.2) is 0 Å². The molecule has 0 amide bonds. The molecule has 1 heterocycles. The van der Waals surface area contributed by atoms with Crippen molar-refractivity contribution in [2.45, 2.75) is 46.1 Å². The van der Waals surface area contributed by atoms with Crippen molar-refractivity contribution in [2.24, 2.45) is 11.7 Å². The van der Waals surface area contributed by atoms with E-state index in [2.05, 4.69) is 92.2 Å². The summed E-state index contributed by atoms with van der Waals surface area (Å²) in [7, 11) is 0. The zero-order valence-electron chi connectivity index (χ0n) is 17.1. The first-order valence-electron chi connectivity index (χ1n) is 9.78. The Bertz CT molecular complexity index is 1090. The topological polar surface area (TPSA) is 41.8 Å². The van der Waals surface area contributed by atoms with E-state index in [4.69, 9.17) is 5.73 Å². The van der Waals surface area contributed by atoms with E-state index in [1.54, 1.807) is 0 Å². The molecule has 28 heavy (non-hydrogen) atoms. The number of fused-ring (bicyclic) bond motifs is 1. The van der Waals surface area contributed by atoms with Gasteiger partial charge in [-0.15, -0.1) is 0 Å². The Hall–Kier alpha value is -2.94. The fourth-order valence-corrected chi connectivity index (χ4v) is 3.68. The van der Waals surface area contributed by atoms with Crippen molar-refractivity contribution in [1.82, 2.24) is 4.98 Å². The minimum absolute atomic E-state index is 0.0671. The minimum Gasteiger partial charge on any atom is -0.361 e. The van der Waals surface area contributed by atoms with Crippen LogP contribution in [-0.4, -0.2) is 11.0 Å². The number of nitrogens with one attached hydrogen (secondary N) is 1. The molecule has 0 spiro atoms. The number of nitrogens with two attached hydrogens (primary N) is 1. The van der Waals surface area contributed by atoms with Gasteiger partial charge in [-0.2, -0.15) is 0 Å². The zero-order chi connectivity index (χ0) is 20.1. The first-order chi connectivity index (χ1) is 13.5. The number of rotatable bonds is 5. The van der Waals surface area contributed by atoms with Gasteiger partial charge >= 0.3 is 0 Å². The molecule has 0 saturated heterocycles. The van der Waals surface area contributed by atoms with Gasteiger partial charge in [0.05, 0.1) is 0 Å². The van der Waals surface area contributed by atoms with E-state index in [1.165, 1.54) is 33.2 Å². The molecule has 2 heteroatoms. The van der Waals surface area contributed by atoms with Crippen LogP contribution in [0.2, 0.25) is 0 Å². The van der Waals surface area contributed by atoms with Gasteiger partial charge in [0, 0.05) is 35.0 Å². The van der Waals surface area contributed by atoms with Gasteiger partial charge in [0.25, 0.3) is 0 Å². The Balaban J connectivity index is 2.13. The van der Waals surface area contributed by atoms with Crippen LogP contribution in [0.1, 0.15) is 44.7 Å². The van der Waals surface area contributed by atoms with Gasteiger partial charge in [-0.05, 0) is 68.9 Å². The van der Waals surface area contributed by atoms with Gasteiger partial charge in [-0.25, -0.2) is 0 Å². The third-order valence-electron chi connectivity index (χ3n) is 5.05. The predicted octanol–water partition coefficient (Wildman–Crippen LogP) is 5.86. The van der Waals surface area contributed by atoms with Crippen molar-refractivity contribution in [1.29, 1.82) is 0 Å². The maximum atomic E-state index is 6.48. The smallest absolute Gasteiger partial charge is 0.0492 e. The molecular weight excluding hydrogens is 340 g/mol. The van der Waals surface area contributed by atoms with E-state index in [1.807, 2.05) is 12.2 Å². The van der Waals surface area contributed by atoms with Crippen molar-refractivity contribution in [3.63, 3.8) is 0 Å². The summed E-state index contributed by atoms with van der Waals surface area (Å²) in [6, 6.07) is 6.37. The summed E-state index contributed by atoms with van der Waals surface area (Å²) in [4.78, 5) is 3.53. The highest BCUT2D eigenvalue weighted by atomic mass is 14.7. The molecule has 0 saturated carbocycles. The van der Waals surface area contributed by atoms with E-state index in [0.717, 1.165) is 6.42 Å². The highest BCUT2D eigenvalue weighted by molar-refractivity contribution is 5.87. The van der Waals surface area contributed by atoms with Crippen LogP contribution in [-0.2, 0) is 6.42 Å². The van der Waals surface area contributed by atoms with Crippen LogP contribution >= 0.6 is 0 Å². The first-order valence-corrected chi connectivity index (χ1v) is 9.78. The highest BCUT2D eigenvalue weighted by Gasteiger charge is 2.26. The van der Waals surface area contributed by atoms with Gasteiger partial charge in [-0.3, -0.25) is 0 Å². The van der Waals surface area contributed by atoms with Crippen LogP contribution in [0.3, 0.4) is 0 Å². The molecule has 0 aliphatic heterocycles. The maximum Gasteiger partial charge on any atom is 0.0492 e. The second-order valence-corrected chi connectivity index (χ2v) is 7.87. The molecule has 1 aromatic carbocycles. The van der Waals surface area contributed by atoms with Crippen molar-refractivity contribution < 1.29 is 0 Å². The molecule has 0 bridgehead atoms. The summed E-state index contributed by atoms with van der Waals surface area (Å²) < 4.78 is 0. The molecule has 2 aromatic rings. The highest BCUT2D eigenvalue weighted by Crippen LogP contribution is 2.36. The summed E-state index contributed by atoms with van der Waals surface area (Å²) >= 11 is 0. The second-order valence-electron chi connectivity index (χ2n) is 7.87. The molecule has 2 nitrogen and oxygen atoms in total. The van der Waals surface area contributed by atoms with E-state index < -0.39 is 0 Å². The lowest BCUT2D eigenvalue weighted by atomic mass is 9.80. The summed E-state index contributed by atoms with van der Waals surface area (Å²) in [6.45, 7) is 8.53. The van der Waals surface area contributed by atoms with E-state index in [9.17, 15) is 0 Å². The average Bonchev–Trinajstić information content (AvgIpc) is 3.06. The number of H-pyrrole nitrogens is 1. The first kappa shape index (κ1) is 19.8. The molecule has 1 aliphatic rings. The molecule has 1 aliphatic carbocycles. The van der Waals surface area contributed by atoms with E-state index >= 15 is 0 Å². The third-order valence-corrected chi connectivity index (χ3v) is 5.05. The number of aromatic amines is 1. The van der Waals surface area contributed by atoms with Crippen LogP contribution in [0.5, 0.6) is 0 Å². The third kappa shape index (κ3) is 4.48. The summed E-state index contributed by atoms with van der Waals surface area (Å²) in [5, 5.41) is 1.25. The van der Waals surface area contributed by atoms with Gasteiger partial charge in [-0.1, -0.05) is 53.0 Å². The van der Waals surface area contributed by atoms with Crippen molar-refractivity contribution in [3.05, 3.63) is 93.9 Å². The average molecular weight is 369 g/mol. The molecule has 0 radical (unpaired) electrons. The molecule has 3 rings (SSSR count). The number of aromatic nitrogens is 1. The van der Waals surface area contributed by atoms with Crippen LogP contribution in [0.4, 0.5) is 0 Å². The van der Waals surface area contributed by atoms with Gasteiger partial charge in [0.2, 0.25) is 0 Å². The lowest BCUT2D eigenvalue weighted by Gasteiger charge is -2.25. The minimum atomic E-state index is -0.165. The molecular formula is C26H28N2. The molecule has 1 aromatic heterocycles. The number of allylic oxidation sites excluding steroid dienone is 4. The monoisotopic (exact) mass is 368 g/mol. The van der Waals surface area contributed by atoms with Crippen molar-refractivity contribution in [2.75, 3.05) is 0 Å². The van der Waals surface area contributed by atoms with E-state index in [0.29, 0.717) is 0 Å². The SMILES string of the molecule is CC(C)=CCc1cccc2c(C(C=C(C)C)C3C=C=C=C=C=CC3N)c[nH]c12. The van der Waals surface area contributed by atoms with Crippen molar-refractivity contribution in [3.8, 4) is 0 Å². The summed E-state index contributed by atoms with van der Waals surface area (Å²) in [5.41, 5.74) is 24.6. The maximum absolute atomic E-state index is 6.48. The van der Waals surface area contributed by atoms with Crippen molar-refractivity contribution >= 4 is 10.9 Å². The van der Waals surface area contributed by atoms with E-state index in [-0.39, 0.29) is 17.9 Å². The second kappa shape index (κ2) is 8.83. The summed E-state index contributed by atoms with van der Waals surface area (Å²) in [6.07, 6.45) is 11.5. The largest absolute Gasteiger partial charge is 0.361 e. The number of hydrogen-bond acceptors (Lipinski definition) is 1. The molecule has 3 unspecified atom stereocenters. The molecule has 3 N–H and O–H groups in total. The Morgan fingerprint density at radius 1 is 1.11 bits per heavy atom. The van der Waals surface area contributed by atoms with Gasteiger partial charge < -0.3 is 10.7 Å². The number of para-hydroxylation sites is 1. The lowest BCUT2D eigenvalue weighted by molar-refractivity contribution is 0.524. The summed E-state index contributed by atoms with van der Waals surface area (Å²) in [5.74, 6) is 0.204. The number of hydrogen-bond donors (Lipinski definition) is 2. The van der Waals surface area contributed by atoms with Crippen LogP contribution in [0, 0.1) is 5.92 Å². The quantitative estimate of drug-likeness (QED) is 0.504. The molecule has 142 valence electrons. The molecule has 3 atom stereocenters. The number of benzene rings is 1. The fraction of sp³-hybridized carbons (Fsp3) is 0.308. The van der Waals surface area contributed by atoms with Crippen LogP contribution in [0.25, 0.3) is 10.9 Å². The zero-order valence-corrected chi connectivity index (χ0v) is 17.1. The fourth-order valence-electron chi connectivity index (χ4n) is 3.68. The van der Waals surface area contributed by atoms with Crippen LogP contribution in [0.15, 0.2) is 82.8 Å². The predicted molar refractivity (Wildman–Crippen MR) is 118 cm³/mol. The normalized spacial score (nSPS) is 18.8. The van der Waals surface area contributed by atoms with Gasteiger partial charge in [0.1, 0.15) is 0 Å². The Kier molecular flexibility index (Phi) is 6.25. The van der Waals surface area contributed by atoms with Crippen LogP contribution < -0.4 is 5.73 Å². The molecule has 0 fully saturated rings. The Morgan fingerprint density at radius 3 is 2.57 bits per heavy atom. The lowest BCUT2D eigenvalue weighted by Crippen LogP contribution is -2.30. The standard InChI is InChI=1S/C26H28N2/c1-18(2)14-15-20-10-9-12-22-24(17-28-26(20)22)23(16-19(3)4)21-11-7-5-6-8-13-25(21)27/h9-14,16-17,21,23,25,28H,15,27H2,1-4H3. The Morgan fingerprint density at radius 2 is 1.86 bits per heavy atom. The Labute approximate surface area is 167 Å².